The van der Waals surface area contributed by atoms with Gasteiger partial charge in [0, 0.05) is 6.92 Å². The Balaban J connectivity index is 2.36. The Morgan fingerprint density at radius 2 is 1.57 bits per heavy atom. The van der Waals surface area contributed by atoms with Crippen molar-refractivity contribution < 1.29 is 66.8 Å². The van der Waals surface area contributed by atoms with Crippen molar-refractivity contribution in [3.05, 3.63) is 0 Å². The first-order valence-electron chi connectivity index (χ1n) is 8.72. The molecule has 30 heavy (non-hydrogen) atoms. The van der Waals surface area contributed by atoms with Crippen LogP contribution in [-0.4, -0.2) is 124 Å². The quantitative estimate of drug-likeness (QED) is 0.164. The number of aliphatic hydroxyl groups is 6. The van der Waals surface area contributed by atoms with Gasteiger partial charge in [0.1, 0.15) is 48.8 Å². The van der Waals surface area contributed by atoms with Gasteiger partial charge in [-0.3, -0.25) is 9.35 Å². The van der Waals surface area contributed by atoms with E-state index in [0.717, 1.165) is 6.92 Å². The summed E-state index contributed by atoms with van der Waals surface area (Å²) in [4.78, 5) is 11.4. The van der Waals surface area contributed by atoms with Gasteiger partial charge in [-0.05, 0) is 0 Å². The Kier molecular flexibility index (Phi) is 8.47. The third kappa shape index (κ3) is 5.81. The molecule has 8 N–H and O–H groups in total. The van der Waals surface area contributed by atoms with Gasteiger partial charge >= 0.3 is 10.4 Å². The zero-order valence-corrected chi connectivity index (χ0v) is 16.4. The number of hydrogen-bond acceptors (Lipinski definition) is 13. The normalized spacial score (nSPS) is 42.7. The number of carbonyl (C=O) groups excluding carboxylic acids is 1. The maximum atomic E-state index is 11.4. The van der Waals surface area contributed by atoms with Gasteiger partial charge in [-0.2, -0.15) is 8.42 Å². The standard InChI is InChI=1S/C14H25NO14S/c1-4(18)15-7-12(29-30(23,24)25)11(6(3-17)26-13(7)22)28-14-10(21)9(20)8(19)5(2-16)27-14/h5-14,16-17,19-22H,2-3H2,1H3,(H,15,18)(H,23,24,25)/t5-,6-,7-,8+,9+,10-,11-,12-,13-,14+/m1/s1. The first-order chi connectivity index (χ1) is 13.9. The van der Waals surface area contributed by atoms with E-state index in [0.29, 0.717) is 0 Å². The SMILES string of the molecule is CC(=O)N[C@@H]1[C@@H](OS(=O)(=O)O)[C@H](O[C@@H]2O[C@H](CO)[C@H](O)[C@H](O)[C@H]2O)[C@@H](CO)O[C@H]1O. The molecule has 15 nitrogen and oxygen atoms in total. The Labute approximate surface area is 170 Å². The summed E-state index contributed by atoms with van der Waals surface area (Å²) in [5, 5.41) is 60.8. The van der Waals surface area contributed by atoms with Crippen LogP contribution in [0.5, 0.6) is 0 Å². The lowest BCUT2D eigenvalue weighted by molar-refractivity contribution is -0.343. The van der Waals surface area contributed by atoms with Gasteiger partial charge in [0.2, 0.25) is 5.91 Å². The highest BCUT2D eigenvalue weighted by molar-refractivity contribution is 7.80. The van der Waals surface area contributed by atoms with Crippen LogP contribution in [0.25, 0.3) is 0 Å². The number of ether oxygens (including phenoxy) is 3. The topological polar surface area (TPSA) is 242 Å². The molecule has 2 fully saturated rings. The molecule has 2 saturated heterocycles. The molecule has 0 aromatic rings. The van der Waals surface area contributed by atoms with Gasteiger partial charge in [0.05, 0.1) is 13.2 Å². The van der Waals surface area contributed by atoms with Gasteiger partial charge in [0.15, 0.2) is 12.6 Å². The molecule has 176 valence electrons. The van der Waals surface area contributed by atoms with Crippen molar-refractivity contribution in [2.24, 2.45) is 0 Å². The minimum atomic E-state index is -5.18. The molecule has 2 heterocycles. The third-order valence-corrected chi connectivity index (χ3v) is 5.05. The number of hydrogen-bond donors (Lipinski definition) is 8. The van der Waals surface area contributed by atoms with Crippen LogP contribution < -0.4 is 5.32 Å². The fourth-order valence-electron chi connectivity index (χ4n) is 3.21. The van der Waals surface area contributed by atoms with E-state index >= 15 is 0 Å². The molecule has 0 aliphatic carbocycles. The lowest BCUT2D eigenvalue weighted by Gasteiger charge is -2.46. The van der Waals surface area contributed by atoms with Crippen molar-refractivity contribution >= 4 is 16.3 Å². The Bertz CT molecular complexity index is 688. The van der Waals surface area contributed by atoms with Crippen molar-refractivity contribution in [1.29, 1.82) is 0 Å². The molecule has 2 aliphatic heterocycles. The number of amides is 1. The van der Waals surface area contributed by atoms with Crippen LogP contribution in [0, 0.1) is 0 Å². The van der Waals surface area contributed by atoms with Crippen LogP contribution in [0.3, 0.4) is 0 Å². The Morgan fingerprint density at radius 1 is 0.967 bits per heavy atom. The number of aliphatic hydroxyl groups excluding tert-OH is 6. The van der Waals surface area contributed by atoms with E-state index in [1.54, 1.807) is 0 Å². The van der Waals surface area contributed by atoms with Crippen molar-refractivity contribution in [3.8, 4) is 0 Å². The van der Waals surface area contributed by atoms with E-state index in [1.165, 1.54) is 0 Å². The minimum Gasteiger partial charge on any atom is -0.394 e. The van der Waals surface area contributed by atoms with Crippen molar-refractivity contribution in [3.63, 3.8) is 0 Å². The second-order valence-electron chi connectivity index (χ2n) is 6.76. The molecule has 10 atom stereocenters. The summed E-state index contributed by atoms with van der Waals surface area (Å²) < 4.78 is 51.9. The summed E-state index contributed by atoms with van der Waals surface area (Å²) in [5.41, 5.74) is 0. The van der Waals surface area contributed by atoms with Gasteiger partial charge in [-0.1, -0.05) is 0 Å². The molecule has 2 rings (SSSR count). The van der Waals surface area contributed by atoms with Gasteiger partial charge in [-0.25, -0.2) is 4.18 Å². The van der Waals surface area contributed by atoms with Crippen LogP contribution in [0.2, 0.25) is 0 Å². The van der Waals surface area contributed by atoms with Gasteiger partial charge in [-0.15, -0.1) is 0 Å². The summed E-state index contributed by atoms with van der Waals surface area (Å²) in [6, 6.07) is -1.62. The zero-order chi connectivity index (χ0) is 22.8. The molecule has 0 aromatic heterocycles. The van der Waals surface area contributed by atoms with Crippen LogP contribution in [0.1, 0.15) is 6.92 Å². The molecule has 0 spiro atoms. The summed E-state index contributed by atoms with van der Waals surface area (Å²) in [6.07, 6.45) is -15.6. The second-order valence-corrected chi connectivity index (χ2v) is 7.81. The average Bonchev–Trinajstić information content (AvgIpc) is 2.65. The summed E-state index contributed by atoms with van der Waals surface area (Å²) in [7, 11) is -5.18. The van der Waals surface area contributed by atoms with Crippen molar-refractivity contribution in [2.45, 2.75) is 68.3 Å². The predicted octanol–water partition coefficient (Wildman–Crippen LogP) is -5.43. The highest BCUT2D eigenvalue weighted by Crippen LogP contribution is 2.30. The lowest BCUT2D eigenvalue weighted by atomic mass is 9.95. The smallest absolute Gasteiger partial charge is 0.394 e. The highest BCUT2D eigenvalue weighted by Gasteiger charge is 2.52. The Morgan fingerprint density at radius 3 is 2.07 bits per heavy atom. The minimum absolute atomic E-state index is 0.749. The third-order valence-electron chi connectivity index (χ3n) is 4.59. The first kappa shape index (κ1) is 25.2. The molecular formula is C14H25NO14S. The molecule has 0 unspecified atom stereocenters. The molecule has 16 heteroatoms. The monoisotopic (exact) mass is 463 g/mol. The molecule has 0 saturated carbocycles. The molecule has 0 aromatic carbocycles. The number of rotatable bonds is 7. The van der Waals surface area contributed by atoms with Gasteiger partial charge in [0.25, 0.3) is 0 Å². The fraction of sp³-hybridized carbons (Fsp3) is 0.929. The summed E-state index contributed by atoms with van der Waals surface area (Å²) in [5.74, 6) is -0.749. The fourth-order valence-corrected chi connectivity index (χ4v) is 3.72. The van der Waals surface area contributed by atoms with E-state index in [1.807, 2.05) is 0 Å². The second kappa shape index (κ2) is 10.1. The van der Waals surface area contributed by atoms with E-state index in [4.69, 9.17) is 18.8 Å². The molecule has 0 radical (unpaired) electrons. The summed E-state index contributed by atoms with van der Waals surface area (Å²) >= 11 is 0. The Hall–Kier alpha value is -1.02. The molecule has 1 amide bonds. The lowest BCUT2D eigenvalue weighted by Crippen LogP contribution is -2.68. The van der Waals surface area contributed by atoms with E-state index in [-0.39, 0.29) is 0 Å². The summed E-state index contributed by atoms with van der Waals surface area (Å²) in [6.45, 7) is -0.631. The number of carbonyl (C=O) groups is 1. The maximum Gasteiger partial charge on any atom is 0.397 e. The van der Waals surface area contributed by atoms with E-state index in [2.05, 4.69) is 9.50 Å². The number of nitrogens with one attached hydrogen (secondary N) is 1. The molecule has 0 bridgehead atoms. The first-order valence-corrected chi connectivity index (χ1v) is 10.1. The predicted molar refractivity (Wildman–Crippen MR) is 90.6 cm³/mol. The van der Waals surface area contributed by atoms with Crippen LogP contribution in [0.15, 0.2) is 0 Å². The molecular weight excluding hydrogens is 438 g/mol. The zero-order valence-electron chi connectivity index (χ0n) is 15.6. The van der Waals surface area contributed by atoms with E-state index < -0.39 is 90.9 Å². The van der Waals surface area contributed by atoms with E-state index in [9.17, 15) is 43.9 Å². The molecule has 2 aliphatic rings. The van der Waals surface area contributed by atoms with Crippen LogP contribution >= 0.6 is 0 Å². The maximum absolute atomic E-state index is 11.4. The van der Waals surface area contributed by atoms with Crippen LogP contribution in [0.4, 0.5) is 0 Å². The highest BCUT2D eigenvalue weighted by atomic mass is 32.3. The largest absolute Gasteiger partial charge is 0.397 e. The average molecular weight is 463 g/mol. The van der Waals surface area contributed by atoms with Crippen molar-refractivity contribution in [2.75, 3.05) is 13.2 Å². The van der Waals surface area contributed by atoms with Gasteiger partial charge < -0.3 is 50.2 Å². The van der Waals surface area contributed by atoms with Crippen LogP contribution in [-0.2, 0) is 33.6 Å². The van der Waals surface area contributed by atoms with Crippen molar-refractivity contribution in [1.82, 2.24) is 5.32 Å².